The molecule has 0 radical (unpaired) electrons. The summed E-state index contributed by atoms with van der Waals surface area (Å²) < 4.78 is -0.0442. The van der Waals surface area contributed by atoms with Crippen molar-refractivity contribution in [2.45, 2.75) is 70.3 Å². The van der Waals surface area contributed by atoms with Crippen molar-refractivity contribution in [3.63, 3.8) is 0 Å². The van der Waals surface area contributed by atoms with Gasteiger partial charge in [0.05, 0.1) is 0 Å². The Morgan fingerprint density at radius 3 is 2.00 bits per heavy atom. The van der Waals surface area contributed by atoms with Gasteiger partial charge in [-0.3, -0.25) is 19.8 Å². The SMILES string of the molecule is CC(C)CC(NC(=O)C(Cc1ccccc1)NC(=O)O)C(=O)NC(CSSC(C)(C)C)C(=O)NN. The largest absolute Gasteiger partial charge is 0.465 e. The number of carbonyl (C=O) groups is 4. The van der Waals surface area contributed by atoms with Gasteiger partial charge in [-0.25, -0.2) is 10.6 Å². The lowest BCUT2D eigenvalue weighted by atomic mass is 10.0. The maximum absolute atomic E-state index is 13.1. The highest BCUT2D eigenvalue weighted by atomic mass is 33.1. The van der Waals surface area contributed by atoms with Gasteiger partial charge in [0.2, 0.25) is 11.8 Å². The average Bonchev–Trinajstić information content (AvgIpc) is 2.76. The molecule has 0 aliphatic rings. The summed E-state index contributed by atoms with van der Waals surface area (Å²) in [5, 5.41) is 16.8. The predicted molar refractivity (Wildman–Crippen MR) is 141 cm³/mol. The first kappa shape index (κ1) is 30.6. The normalized spacial score (nSPS) is 13.9. The van der Waals surface area contributed by atoms with E-state index in [1.165, 1.54) is 10.8 Å². The lowest BCUT2D eigenvalue weighted by molar-refractivity contribution is -0.132. The summed E-state index contributed by atoms with van der Waals surface area (Å²) in [7, 11) is 3.00. The maximum Gasteiger partial charge on any atom is 0.405 e. The van der Waals surface area contributed by atoms with E-state index in [1.807, 2.05) is 40.7 Å². The van der Waals surface area contributed by atoms with Crippen LogP contribution in [0.1, 0.15) is 46.6 Å². The first-order chi connectivity index (χ1) is 16.3. The highest BCUT2D eigenvalue weighted by molar-refractivity contribution is 8.77. The van der Waals surface area contributed by atoms with Crippen LogP contribution in [-0.4, -0.2) is 57.5 Å². The molecule has 0 aliphatic carbocycles. The Bertz CT molecular complexity index is 848. The smallest absolute Gasteiger partial charge is 0.405 e. The number of nitrogens with two attached hydrogens (primary N) is 1. The molecule has 7 N–H and O–H groups in total. The monoisotopic (exact) mass is 527 g/mol. The average molecular weight is 528 g/mol. The molecule has 0 saturated carbocycles. The second-order valence-electron chi connectivity index (χ2n) is 9.43. The summed E-state index contributed by atoms with van der Waals surface area (Å²) in [6.45, 7) is 9.89. The van der Waals surface area contributed by atoms with E-state index < -0.39 is 41.9 Å². The number of hydrazine groups is 1. The summed E-state index contributed by atoms with van der Waals surface area (Å²) >= 11 is 0. The fourth-order valence-electron chi connectivity index (χ4n) is 3.02. The van der Waals surface area contributed by atoms with Gasteiger partial charge in [-0.15, -0.1) is 0 Å². The lowest BCUT2D eigenvalue weighted by Crippen LogP contribution is -2.58. The van der Waals surface area contributed by atoms with E-state index in [-0.39, 0.29) is 22.8 Å². The number of benzene rings is 1. The zero-order chi connectivity index (χ0) is 26.6. The fourth-order valence-corrected chi connectivity index (χ4v) is 5.48. The molecule has 0 spiro atoms. The minimum atomic E-state index is -1.35. The molecule has 3 atom stereocenters. The van der Waals surface area contributed by atoms with Crippen LogP contribution in [0.25, 0.3) is 0 Å². The summed E-state index contributed by atoms with van der Waals surface area (Å²) in [5.41, 5.74) is 2.83. The van der Waals surface area contributed by atoms with Crippen molar-refractivity contribution in [3.05, 3.63) is 35.9 Å². The van der Waals surface area contributed by atoms with Crippen molar-refractivity contribution in [3.8, 4) is 0 Å². The van der Waals surface area contributed by atoms with Crippen LogP contribution in [-0.2, 0) is 20.8 Å². The van der Waals surface area contributed by atoms with E-state index >= 15 is 0 Å². The van der Waals surface area contributed by atoms with Crippen molar-refractivity contribution >= 4 is 45.4 Å². The Hall–Kier alpha value is -2.44. The van der Waals surface area contributed by atoms with Crippen LogP contribution in [0.15, 0.2) is 30.3 Å². The van der Waals surface area contributed by atoms with Gasteiger partial charge in [0.1, 0.15) is 18.1 Å². The molecule has 196 valence electrons. The number of carbonyl (C=O) groups excluding carboxylic acids is 3. The number of amides is 4. The molecule has 1 rings (SSSR count). The summed E-state index contributed by atoms with van der Waals surface area (Å²) in [6, 6.07) is 5.99. The minimum absolute atomic E-state index is 0.0404. The van der Waals surface area contributed by atoms with Crippen molar-refractivity contribution in [2.75, 3.05) is 5.75 Å². The molecule has 1 aromatic carbocycles. The molecule has 1 aromatic rings. The highest BCUT2D eigenvalue weighted by Gasteiger charge is 2.30. The van der Waals surface area contributed by atoms with Crippen molar-refractivity contribution < 1.29 is 24.3 Å². The molecule has 12 heteroatoms. The topological polar surface area (TPSA) is 163 Å². The van der Waals surface area contributed by atoms with Gasteiger partial charge in [0, 0.05) is 16.9 Å². The number of carboxylic acid groups (broad SMARTS) is 1. The Morgan fingerprint density at radius 2 is 1.49 bits per heavy atom. The fraction of sp³-hybridized carbons (Fsp3) is 0.565. The first-order valence-corrected chi connectivity index (χ1v) is 13.6. The van der Waals surface area contributed by atoms with E-state index in [2.05, 4.69) is 21.4 Å². The molecule has 0 aromatic heterocycles. The molecule has 0 aliphatic heterocycles. The Balaban J connectivity index is 2.97. The molecule has 4 amide bonds. The lowest BCUT2D eigenvalue weighted by Gasteiger charge is -2.26. The molecular formula is C23H37N5O5S2. The van der Waals surface area contributed by atoms with Gasteiger partial charge < -0.3 is 21.1 Å². The second kappa shape index (κ2) is 14.8. The third-order valence-corrected chi connectivity index (χ3v) is 7.90. The molecule has 35 heavy (non-hydrogen) atoms. The molecule has 0 fully saturated rings. The number of rotatable bonds is 13. The molecule has 10 nitrogen and oxygen atoms in total. The van der Waals surface area contributed by atoms with Gasteiger partial charge >= 0.3 is 6.09 Å². The van der Waals surface area contributed by atoms with Crippen LogP contribution < -0.4 is 27.2 Å². The van der Waals surface area contributed by atoms with E-state index in [0.717, 1.165) is 5.56 Å². The van der Waals surface area contributed by atoms with Crippen LogP contribution in [0.3, 0.4) is 0 Å². The number of hydrogen-bond donors (Lipinski definition) is 6. The van der Waals surface area contributed by atoms with Gasteiger partial charge in [-0.05, 0) is 17.9 Å². The number of nitrogens with one attached hydrogen (secondary N) is 4. The Labute approximate surface area is 214 Å². The van der Waals surface area contributed by atoms with E-state index in [4.69, 9.17) is 5.84 Å². The van der Waals surface area contributed by atoms with Crippen LogP contribution in [0.2, 0.25) is 0 Å². The van der Waals surface area contributed by atoms with Gasteiger partial charge in [-0.1, -0.05) is 86.5 Å². The summed E-state index contributed by atoms with van der Waals surface area (Å²) in [4.78, 5) is 49.7. The zero-order valence-electron chi connectivity index (χ0n) is 20.8. The molecule has 3 unspecified atom stereocenters. The van der Waals surface area contributed by atoms with Crippen LogP contribution in [0.5, 0.6) is 0 Å². The highest BCUT2D eigenvalue weighted by Crippen LogP contribution is 2.35. The van der Waals surface area contributed by atoms with Crippen LogP contribution >= 0.6 is 21.6 Å². The van der Waals surface area contributed by atoms with E-state index in [0.29, 0.717) is 6.42 Å². The van der Waals surface area contributed by atoms with Gasteiger partial charge in [-0.2, -0.15) is 0 Å². The van der Waals surface area contributed by atoms with Crippen molar-refractivity contribution in [1.29, 1.82) is 0 Å². The minimum Gasteiger partial charge on any atom is -0.465 e. The van der Waals surface area contributed by atoms with E-state index in [1.54, 1.807) is 35.1 Å². The Kier molecular flexibility index (Phi) is 13.0. The second-order valence-corrected chi connectivity index (χ2v) is 12.6. The first-order valence-electron chi connectivity index (χ1n) is 11.3. The van der Waals surface area contributed by atoms with Crippen molar-refractivity contribution in [2.24, 2.45) is 11.8 Å². The van der Waals surface area contributed by atoms with Gasteiger partial charge in [0.25, 0.3) is 5.91 Å². The quantitative estimate of drug-likeness (QED) is 0.0982. The zero-order valence-corrected chi connectivity index (χ0v) is 22.4. The standard InChI is InChI=1S/C23H37N5O5S2/c1-14(2)11-16(19(29)26-18(21(31)28-24)13-34-35-23(3,4)5)25-20(30)17(27-22(32)33)12-15-9-7-6-8-10-15/h6-10,14,16-18,27H,11-13,24H2,1-5H3,(H,25,30)(H,26,29)(H,28,31)(H,32,33). The summed E-state index contributed by atoms with van der Waals surface area (Å²) in [6.07, 6.45) is -0.934. The number of hydrogen-bond acceptors (Lipinski definition) is 7. The van der Waals surface area contributed by atoms with Crippen molar-refractivity contribution in [1.82, 2.24) is 21.4 Å². The molecular weight excluding hydrogens is 490 g/mol. The predicted octanol–water partition coefficient (Wildman–Crippen LogP) is 2.05. The third-order valence-electron chi connectivity index (χ3n) is 4.56. The maximum atomic E-state index is 13.1. The molecule has 0 bridgehead atoms. The third kappa shape index (κ3) is 12.7. The van der Waals surface area contributed by atoms with Crippen LogP contribution in [0.4, 0.5) is 4.79 Å². The summed E-state index contributed by atoms with van der Waals surface area (Å²) in [5.74, 6) is 3.89. The van der Waals surface area contributed by atoms with E-state index in [9.17, 15) is 24.3 Å². The molecule has 0 heterocycles. The van der Waals surface area contributed by atoms with Gasteiger partial charge in [0.15, 0.2) is 0 Å². The van der Waals surface area contributed by atoms with Crippen LogP contribution in [0, 0.1) is 5.92 Å². The molecule has 0 saturated heterocycles. The Morgan fingerprint density at radius 1 is 0.914 bits per heavy atom.